The van der Waals surface area contributed by atoms with Gasteiger partial charge in [-0.1, -0.05) is 53.7 Å². The van der Waals surface area contributed by atoms with E-state index < -0.39 is 6.04 Å². The van der Waals surface area contributed by atoms with Gasteiger partial charge in [-0.3, -0.25) is 9.59 Å². The number of anilines is 2. The Bertz CT molecular complexity index is 1700. The fraction of sp³-hybridized carbons (Fsp3) is 0.212. The molecule has 0 bridgehead atoms. The molecule has 5 rings (SSSR count). The molecule has 10 heteroatoms. The summed E-state index contributed by atoms with van der Waals surface area (Å²) in [4.78, 5) is 32.0. The number of amides is 2. The Hall–Kier alpha value is -5.38. The van der Waals surface area contributed by atoms with Crippen LogP contribution < -0.4 is 19.7 Å². The molecule has 10 nitrogen and oxygen atoms in total. The standard InChI is InChI=1S/C33H34N6O4/c1-37(2)26-17-15-25(16-18-26)34-33(41)32(24-14-19-29(42-3)30(20-24)43-4)38(21-23-10-6-5-7-11-23)31(40)22-39-28-13-9-8-12-27(28)35-36-39/h5-20,32H,21-22H2,1-4H3,(H,34,41)/t32-/m0/s1. The lowest BCUT2D eigenvalue weighted by molar-refractivity contribution is -0.140. The molecule has 1 N–H and O–H groups in total. The molecule has 0 saturated carbocycles. The second-order valence-corrected chi connectivity index (χ2v) is 10.2. The molecule has 1 atom stereocenters. The van der Waals surface area contributed by atoms with Crippen LogP contribution in [0.3, 0.4) is 0 Å². The number of ether oxygens (including phenoxy) is 2. The summed E-state index contributed by atoms with van der Waals surface area (Å²) in [5.41, 5.74) is 4.44. The van der Waals surface area contributed by atoms with Crippen LogP contribution in [0.1, 0.15) is 17.2 Å². The van der Waals surface area contributed by atoms with Crippen molar-refractivity contribution in [2.45, 2.75) is 19.1 Å². The molecule has 1 heterocycles. The van der Waals surface area contributed by atoms with Gasteiger partial charge in [-0.2, -0.15) is 0 Å². The smallest absolute Gasteiger partial charge is 0.251 e. The zero-order valence-corrected chi connectivity index (χ0v) is 24.6. The summed E-state index contributed by atoms with van der Waals surface area (Å²) in [5, 5.41) is 11.4. The van der Waals surface area contributed by atoms with Crippen molar-refractivity contribution < 1.29 is 19.1 Å². The quantitative estimate of drug-likeness (QED) is 0.237. The predicted octanol–water partition coefficient (Wildman–Crippen LogP) is 4.92. The lowest BCUT2D eigenvalue weighted by Gasteiger charge is -2.32. The molecule has 0 unspecified atom stereocenters. The van der Waals surface area contributed by atoms with Crippen LogP contribution in [0.15, 0.2) is 97.1 Å². The predicted molar refractivity (Wildman–Crippen MR) is 166 cm³/mol. The van der Waals surface area contributed by atoms with Gasteiger partial charge in [0.25, 0.3) is 5.91 Å². The van der Waals surface area contributed by atoms with Gasteiger partial charge in [-0.25, -0.2) is 4.68 Å². The van der Waals surface area contributed by atoms with Gasteiger partial charge in [0.15, 0.2) is 11.5 Å². The van der Waals surface area contributed by atoms with Crippen LogP contribution in [0, 0.1) is 0 Å². The first-order valence-electron chi connectivity index (χ1n) is 13.8. The van der Waals surface area contributed by atoms with E-state index in [1.54, 1.807) is 34.9 Å². The van der Waals surface area contributed by atoms with Crippen LogP contribution in [0.25, 0.3) is 11.0 Å². The van der Waals surface area contributed by atoms with Gasteiger partial charge in [0.1, 0.15) is 18.1 Å². The van der Waals surface area contributed by atoms with Gasteiger partial charge >= 0.3 is 0 Å². The van der Waals surface area contributed by atoms with Gasteiger partial charge in [0.05, 0.1) is 19.7 Å². The highest BCUT2D eigenvalue weighted by molar-refractivity contribution is 5.98. The van der Waals surface area contributed by atoms with Crippen LogP contribution in [0.5, 0.6) is 11.5 Å². The average Bonchev–Trinajstić information content (AvgIpc) is 3.43. The molecule has 0 aliphatic carbocycles. The number of methoxy groups -OCH3 is 2. The number of benzene rings is 4. The summed E-state index contributed by atoms with van der Waals surface area (Å²) in [5.74, 6) is 0.275. The Kier molecular flexibility index (Phi) is 8.85. The number of para-hydroxylation sites is 1. The molecular formula is C33H34N6O4. The van der Waals surface area contributed by atoms with E-state index in [1.165, 1.54) is 7.11 Å². The number of hydrogen-bond donors (Lipinski definition) is 1. The van der Waals surface area contributed by atoms with E-state index in [9.17, 15) is 9.59 Å². The van der Waals surface area contributed by atoms with E-state index in [0.29, 0.717) is 28.3 Å². The fourth-order valence-corrected chi connectivity index (χ4v) is 4.91. The molecule has 4 aromatic carbocycles. The monoisotopic (exact) mass is 578 g/mol. The highest BCUT2D eigenvalue weighted by Gasteiger charge is 2.33. The third-order valence-electron chi connectivity index (χ3n) is 7.16. The molecule has 0 saturated heterocycles. The molecular weight excluding hydrogens is 544 g/mol. The largest absolute Gasteiger partial charge is 0.493 e. The number of nitrogens with zero attached hydrogens (tertiary/aromatic N) is 5. The number of hydrogen-bond acceptors (Lipinski definition) is 7. The Labute approximate surface area is 250 Å². The normalized spacial score (nSPS) is 11.5. The first-order chi connectivity index (χ1) is 20.9. The van der Waals surface area contributed by atoms with E-state index in [4.69, 9.17) is 9.47 Å². The molecule has 1 aromatic heterocycles. The summed E-state index contributed by atoms with van der Waals surface area (Å²) in [6.45, 7) is 0.0697. The summed E-state index contributed by atoms with van der Waals surface area (Å²) in [6, 6.07) is 28.7. The van der Waals surface area contributed by atoms with Crippen molar-refractivity contribution in [3.8, 4) is 11.5 Å². The number of fused-ring (bicyclic) bond motifs is 1. The molecule has 0 aliphatic rings. The molecule has 43 heavy (non-hydrogen) atoms. The van der Waals surface area contributed by atoms with Crippen LogP contribution in [0.2, 0.25) is 0 Å². The summed E-state index contributed by atoms with van der Waals surface area (Å²) in [6.07, 6.45) is 0. The van der Waals surface area contributed by atoms with Crippen molar-refractivity contribution in [3.63, 3.8) is 0 Å². The SMILES string of the molecule is COc1ccc([C@@H](C(=O)Nc2ccc(N(C)C)cc2)N(Cc2ccccc2)C(=O)Cn2nnc3ccccc32)cc1OC. The van der Waals surface area contributed by atoms with E-state index in [-0.39, 0.29) is 24.9 Å². The molecule has 0 fully saturated rings. The van der Waals surface area contributed by atoms with Crippen molar-refractivity contribution in [1.82, 2.24) is 19.9 Å². The Morgan fingerprint density at radius 2 is 1.56 bits per heavy atom. The number of nitrogens with one attached hydrogen (secondary N) is 1. The summed E-state index contributed by atoms with van der Waals surface area (Å²) < 4.78 is 12.6. The summed E-state index contributed by atoms with van der Waals surface area (Å²) >= 11 is 0. The maximum absolute atomic E-state index is 14.2. The number of carbonyl (C=O) groups excluding carboxylic acids is 2. The molecule has 0 aliphatic heterocycles. The number of aromatic nitrogens is 3. The van der Waals surface area contributed by atoms with Crippen molar-refractivity contribution in [3.05, 3.63) is 108 Å². The van der Waals surface area contributed by atoms with Crippen LogP contribution in [0.4, 0.5) is 11.4 Å². The molecule has 220 valence electrons. The van der Waals surface area contributed by atoms with Gasteiger partial charge in [-0.15, -0.1) is 5.10 Å². The maximum atomic E-state index is 14.2. The summed E-state index contributed by atoms with van der Waals surface area (Å²) in [7, 11) is 6.98. The average molecular weight is 579 g/mol. The van der Waals surface area contributed by atoms with E-state index in [2.05, 4.69) is 15.6 Å². The van der Waals surface area contributed by atoms with E-state index >= 15 is 0 Å². The molecule has 5 aromatic rings. The van der Waals surface area contributed by atoms with E-state index in [1.807, 2.05) is 97.9 Å². The zero-order valence-electron chi connectivity index (χ0n) is 24.6. The first-order valence-corrected chi connectivity index (χ1v) is 13.8. The molecule has 0 radical (unpaired) electrons. The van der Waals surface area contributed by atoms with Crippen LogP contribution >= 0.6 is 0 Å². The minimum absolute atomic E-state index is 0.109. The van der Waals surface area contributed by atoms with Crippen molar-refractivity contribution in [2.24, 2.45) is 0 Å². The third-order valence-corrected chi connectivity index (χ3v) is 7.16. The minimum Gasteiger partial charge on any atom is -0.493 e. The number of carbonyl (C=O) groups is 2. The van der Waals surface area contributed by atoms with Gasteiger partial charge in [0, 0.05) is 32.0 Å². The lowest BCUT2D eigenvalue weighted by atomic mass is 10.0. The Morgan fingerprint density at radius 3 is 2.26 bits per heavy atom. The van der Waals surface area contributed by atoms with E-state index in [0.717, 1.165) is 16.8 Å². The molecule has 0 spiro atoms. The van der Waals surface area contributed by atoms with Crippen LogP contribution in [-0.4, -0.2) is 60.0 Å². The lowest BCUT2D eigenvalue weighted by Crippen LogP contribution is -2.42. The third kappa shape index (κ3) is 6.59. The maximum Gasteiger partial charge on any atom is 0.251 e. The van der Waals surface area contributed by atoms with Crippen LogP contribution in [-0.2, 0) is 22.7 Å². The van der Waals surface area contributed by atoms with Gasteiger partial charge < -0.3 is 24.6 Å². The topological polar surface area (TPSA) is 102 Å². The van der Waals surface area contributed by atoms with Crippen molar-refractivity contribution in [2.75, 3.05) is 38.5 Å². The van der Waals surface area contributed by atoms with Crippen molar-refractivity contribution in [1.29, 1.82) is 0 Å². The first kappa shape index (κ1) is 29.1. The zero-order chi connectivity index (χ0) is 30.3. The second kappa shape index (κ2) is 13.1. The van der Waals surface area contributed by atoms with Gasteiger partial charge in [-0.05, 0) is 59.7 Å². The number of rotatable bonds is 11. The highest BCUT2D eigenvalue weighted by Crippen LogP contribution is 2.34. The Morgan fingerprint density at radius 1 is 0.860 bits per heavy atom. The minimum atomic E-state index is -1.02. The van der Waals surface area contributed by atoms with Gasteiger partial charge in [0.2, 0.25) is 5.91 Å². The second-order valence-electron chi connectivity index (χ2n) is 10.2. The fourth-order valence-electron chi connectivity index (χ4n) is 4.91. The highest BCUT2D eigenvalue weighted by atomic mass is 16.5. The van der Waals surface area contributed by atoms with Crippen molar-refractivity contribution >= 4 is 34.2 Å². The molecule has 2 amide bonds. The Balaban J connectivity index is 1.57.